The number of anilines is 1. The van der Waals surface area contributed by atoms with Gasteiger partial charge in [0.25, 0.3) is 11.8 Å². The van der Waals surface area contributed by atoms with Gasteiger partial charge in [0.1, 0.15) is 11.6 Å². The molecule has 2 N–H and O–H groups in total. The van der Waals surface area contributed by atoms with Gasteiger partial charge in [0.15, 0.2) is 0 Å². The van der Waals surface area contributed by atoms with Gasteiger partial charge in [0, 0.05) is 38.7 Å². The predicted octanol–water partition coefficient (Wildman–Crippen LogP) is 2.38. The molecule has 0 saturated carbocycles. The van der Waals surface area contributed by atoms with E-state index < -0.39 is 17.5 Å². The highest BCUT2D eigenvalue weighted by molar-refractivity contribution is 6.05. The third-order valence-electron chi connectivity index (χ3n) is 3.25. The lowest BCUT2D eigenvalue weighted by molar-refractivity contribution is 0.0948. The molecule has 0 fully saturated rings. The van der Waals surface area contributed by atoms with Crippen LogP contribution in [-0.2, 0) is 4.74 Å². The Hall–Kier alpha value is -2.87. The van der Waals surface area contributed by atoms with E-state index in [1.54, 1.807) is 7.11 Å². The minimum absolute atomic E-state index is 0.0771. The molecular formula is C17H17F2N3O3. The number of methoxy groups -OCH3 is 1. The van der Waals surface area contributed by atoms with Gasteiger partial charge in [-0.1, -0.05) is 0 Å². The third-order valence-corrected chi connectivity index (χ3v) is 3.25. The Morgan fingerprint density at radius 1 is 1.12 bits per heavy atom. The van der Waals surface area contributed by atoms with E-state index in [0.29, 0.717) is 25.6 Å². The van der Waals surface area contributed by atoms with Crippen LogP contribution in [0.1, 0.15) is 27.1 Å². The van der Waals surface area contributed by atoms with Crippen molar-refractivity contribution >= 4 is 17.5 Å². The van der Waals surface area contributed by atoms with Gasteiger partial charge in [-0.15, -0.1) is 0 Å². The Morgan fingerprint density at radius 3 is 2.52 bits per heavy atom. The van der Waals surface area contributed by atoms with Gasteiger partial charge in [-0.25, -0.2) is 8.78 Å². The molecule has 0 radical (unpaired) electrons. The topological polar surface area (TPSA) is 80.3 Å². The van der Waals surface area contributed by atoms with Crippen LogP contribution in [0, 0.1) is 11.6 Å². The van der Waals surface area contributed by atoms with Crippen LogP contribution in [0.5, 0.6) is 0 Å². The first-order valence-electron chi connectivity index (χ1n) is 7.50. The van der Waals surface area contributed by atoms with Crippen LogP contribution in [0.3, 0.4) is 0 Å². The fraction of sp³-hybridized carbons (Fsp3) is 0.235. The molecule has 8 heteroatoms. The highest BCUT2D eigenvalue weighted by Gasteiger charge is 2.13. The zero-order valence-electron chi connectivity index (χ0n) is 13.5. The summed E-state index contributed by atoms with van der Waals surface area (Å²) >= 11 is 0. The summed E-state index contributed by atoms with van der Waals surface area (Å²) in [6.07, 6.45) is 3.22. The maximum Gasteiger partial charge on any atom is 0.257 e. The minimum atomic E-state index is -0.895. The van der Waals surface area contributed by atoms with Crippen LogP contribution in [0.15, 0.2) is 36.7 Å². The van der Waals surface area contributed by atoms with Crippen LogP contribution in [0.4, 0.5) is 14.5 Å². The van der Waals surface area contributed by atoms with Gasteiger partial charge in [-0.3, -0.25) is 14.6 Å². The van der Waals surface area contributed by atoms with Gasteiger partial charge in [0.2, 0.25) is 0 Å². The molecule has 0 saturated heterocycles. The molecular weight excluding hydrogens is 332 g/mol. The Bertz CT molecular complexity index is 769. The Labute approximate surface area is 143 Å². The third kappa shape index (κ3) is 5.32. The summed E-state index contributed by atoms with van der Waals surface area (Å²) in [5, 5.41) is 4.98. The molecule has 132 valence electrons. The molecule has 0 spiro atoms. The number of ether oxygens (including phenoxy) is 1. The molecule has 0 aliphatic heterocycles. The first-order valence-corrected chi connectivity index (χ1v) is 7.50. The molecule has 1 heterocycles. The number of aromatic nitrogens is 1. The second kappa shape index (κ2) is 8.84. The SMILES string of the molecule is COCCCNC(=O)c1cncc(C(=O)Nc2ccc(F)cc2F)c1. The van der Waals surface area contributed by atoms with Crippen molar-refractivity contribution in [3.8, 4) is 0 Å². The number of carbonyl (C=O) groups is 2. The number of rotatable bonds is 7. The highest BCUT2D eigenvalue weighted by Crippen LogP contribution is 2.16. The van der Waals surface area contributed by atoms with Gasteiger partial charge < -0.3 is 15.4 Å². The standard InChI is InChI=1S/C17H17F2N3O3/c1-25-6-2-5-21-16(23)11-7-12(10-20-9-11)17(24)22-15-4-3-13(18)8-14(15)19/h3-4,7-10H,2,5-6H2,1H3,(H,21,23)(H,22,24). The van der Waals surface area contributed by atoms with Crippen molar-refractivity contribution in [2.45, 2.75) is 6.42 Å². The Balaban J connectivity index is 2.04. The largest absolute Gasteiger partial charge is 0.385 e. The van der Waals surface area contributed by atoms with E-state index in [1.807, 2.05) is 0 Å². The second-order valence-electron chi connectivity index (χ2n) is 5.14. The lowest BCUT2D eigenvalue weighted by Gasteiger charge is -2.08. The Morgan fingerprint density at radius 2 is 1.84 bits per heavy atom. The monoisotopic (exact) mass is 349 g/mol. The summed E-state index contributed by atoms with van der Waals surface area (Å²) < 4.78 is 31.4. The summed E-state index contributed by atoms with van der Waals surface area (Å²) in [7, 11) is 1.57. The number of nitrogens with zero attached hydrogens (tertiary/aromatic N) is 1. The fourth-order valence-electron chi connectivity index (χ4n) is 1.99. The summed E-state index contributed by atoms with van der Waals surface area (Å²) in [4.78, 5) is 28.0. The molecule has 0 aliphatic rings. The van der Waals surface area contributed by atoms with Gasteiger partial charge in [-0.2, -0.15) is 0 Å². The predicted molar refractivity (Wildman–Crippen MR) is 87.4 cm³/mol. The fourth-order valence-corrected chi connectivity index (χ4v) is 1.99. The number of carbonyl (C=O) groups excluding carboxylic acids is 2. The van der Waals surface area contributed by atoms with Gasteiger partial charge in [0.05, 0.1) is 16.8 Å². The van der Waals surface area contributed by atoms with Crippen LogP contribution < -0.4 is 10.6 Å². The average Bonchev–Trinajstić information content (AvgIpc) is 2.61. The van der Waals surface area contributed by atoms with Crippen molar-refractivity contribution in [1.82, 2.24) is 10.3 Å². The minimum Gasteiger partial charge on any atom is -0.385 e. The molecule has 1 aromatic carbocycles. The normalized spacial score (nSPS) is 10.4. The number of pyridine rings is 1. The highest BCUT2D eigenvalue weighted by atomic mass is 19.1. The van der Waals surface area contributed by atoms with Crippen molar-refractivity contribution < 1.29 is 23.1 Å². The molecule has 0 unspecified atom stereocenters. The number of hydrogen-bond donors (Lipinski definition) is 2. The van der Waals surface area contributed by atoms with Crippen molar-refractivity contribution in [3.63, 3.8) is 0 Å². The zero-order valence-corrected chi connectivity index (χ0v) is 13.5. The lowest BCUT2D eigenvalue weighted by Crippen LogP contribution is -2.25. The van der Waals surface area contributed by atoms with Crippen LogP contribution in [0.25, 0.3) is 0 Å². The van der Waals surface area contributed by atoms with E-state index in [0.717, 1.165) is 12.1 Å². The van der Waals surface area contributed by atoms with E-state index in [1.165, 1.54) is 18.5 Å². The first-order chi connectivity index (χ1) is 12.0. The summed E-state index contributed by atoms with van der Waals surface area (Å²) in [6.45, 7) is 0.939. The smallest absolute Gasteiger partial charge is 0.257 e. The van der Waals surface area contributed by atoms with E-state index in [-0.39, 0.29) is 22.7 Å². The van der Waals surface area contributed by atoms with E-state index in [2.05, 4.69) is 15.6 Å². The molecule has 25 heavy (non-hydrogen) atoms. The lowest BCUT2D eigenvalue weighted by atomic mass is 10.1. The molecule has 0 bridgehead atoms. The van der Waals surface area contributed by atoms with E-state index >= 15 is 0 Å². The van der Waals surface area contributed by atoms with E-state index in [9.17, 15) is 18.4 Å². The molecule has 0 aliphatic carbocycles. The number of nitrogens with one attached hydrogen (secondary N) is 2. The molecule has 2 amide bonds. The molecule has 2 rings (SSSR count). The Kier molecular flexibility index (Phi) is 6.53. The van der Waals surface area contributed by atoms with Crippen molar-refractivity contribution in [2.24, 2.45) is 0 Å². The summed E-state index contributed by atoms with van der Waals surface area (Å²) in [6, 6.07) is 4.15. The second-order valence-corrected chi connectivity index (χ2v) is 5.14. The van der Waals surface area contributed by atoms with Gasteiger partial charge in [-0.05, 0) is 24.6 Å². The van der Waals surface area contributed by atoms with Crippen LogP contribution in [0.2, 0.25) is 0 Å². The summed E-state index contributed by atoms with van der Waals surface area (Å²) in [5.74, 6) is -2.68. The molecule has 0 atom stereocenters. The van der Waals surface area contributed by atoms with E-state index in [4.69, 9.17) is 4.74 Å². The van der Waals surface area contributed by atoms with Crippen LogP contribution in [-0.4, -0.2) is 37.1 Å². The molecule has 6 nitrogen and oxygen atoms in total. The summed E-state index contributed by atoms with van der Waals surface area (Å²) in [5.41, 5.74) is 0.110. The zero-order chi connectivity index (χ0) is 18.2. The average molecular weight is 349 g/mol. The molecule has 2 aromatic rings. The maximum absolute atomic E-state index is 13.6. The van der Waals surface area contributed by atoms with Gasteiger partial charge >= 0.3 is 0 Å². The van der Waals surface area contributed by atoms with Crippen molar-refractivity contribution in [2.75, 3.05) is 25.6 Å². The van der Waals surface area contributed by atoms with Crippen molar-refractivity contribution in [1.29, 1.82) is 0 Å². The van der Waals surface area contributed by atoms with Crippen LogP contribution >= 0.6 is 0 Å². The number of benzene rings is 1. The quantitative estimate of drug-likeness (QED) is 0.752. The maximum atomic E-state index is 13.6. The molecule has 1 aromatic heterocycles. The first kappa shape index (κ1) is 18.5. The number of amides is 2. The number of hydrogen-bond acceptors (Lipinski definition) is 4. The number of halogens is 2. The van der Waals surface area contributed by atoms with Crippen molar-refractivity contribution in [3.05, 3.63) is 59.4 Å².